The van der Waals surface area contributed by atoms with Gasteiger partial charge in [-0.25, -0.2) is 9.97 Å². The molecule has 1 saturated heterocycles. The van der Waals surface area contributed by atoms with Gasteiger partial charge in [0.05, 0.1) is 0 Å². The lowest BCUT2D eigenvalue weighted by atomic mass is 10.1. The van der Waals surface area contributed by atoms with E-state index in [2.05, 4.69) is 47.0 Å². The molecule has 0 unspecified atom stereocenters. The number of aryl methyl sites for hydroxylation is 1. The summed E-state index contributed by atoms with van der Waals surface area (Å²) in [6, 6.07) is 2.16. The van der Waals surface area contributed by atoms with Crippen LogP contribution in [0.25, 0.3) is 0 Å². The van der Waals surface area contributed by atoms with E-state index in [9.17, 15) is 0 Å². The molecular formula is C14H24N4. The molecule has 0 spiro atoms. The van der Waals surface area contributed by atoms with E-state index in [-0.39, 0.29) is 0 Å². The summed E-state index contributed by atoms with van der Waals surface area (Å²) in [5.41, 5.74) is 1.16. The van der Waals surface area contributed by atoms with Crippen molar-refractivity contribution in [3.63, 3.8) is 0 Å². The van der Waals surface area contributed by atoms with E-state index in [0.29, 0.717) is 5.92 Å². The molecule has 18 heavy (non-hydrogen) atoms. The fraction of sp³-hybridized carbons (Fsp3) is 0.714. The highest BCUT2D eigenvalue weighted by Gasteiger charge is 2.14. The quantitative estimate of drug-likeness (QED) is 0.888. The molecule has 1 N–H and O–H groups in total. The highest BCUT2D eigenvalue weighted by molar-refractivity contribution is 5.41. The summed E-state index contributed by atoms with van der Waals surface area (Å²) in [4.78, 5) is 11.7. The number of hydrogen-bond acceptors (Lipinski definition) is 4. The fourth-order valence-electron chi connectivity index (χ4n) is 2.19. The summed E-state index contributed by atoms with van der Waals surface area (Å²) in [6.07, 6.45) is 2.09. The first-order chi connectivity index (χ1) is 8.70. The summed E-state index contributed by atoms with van der Waals surface area (Å²) in [5, 5.41) is 3.43. The van der Waals surface area contributed by atoms with Gasteiger partial charge in [0.25, 0.3) is 0 Å². The van der Waals surface area contributed by atoms with Crippen LogP contribution in [0.1, 0.15) is 44.6 Å². The summed E-state index contributed by atoms with van der Waals surface area (Å²) in [7, 11) is 0. The van der Waals surface area contributed by atoms with Gasteiger partial charge in [-0.2, -0.15) is 0 Å². The SMILES string of the molecule is CCc1nc(C(C)C)cc(N2CCCNCC2)n1. The zero-order valence-electron chi connectivity index (χ0n) is 11.7. The van der Waals surface area contributed by atoms with E-state index in [1.807, 2.05) is 0 Å². The van der Waals surface area contributed by atoms with Gasteiger partial charge in [0.15, 0.2) is 0 Å². The Labute approximate surface area is 110 Å². The van der Waals surface area contributed by atoms with Crippen LogP contribution in [0.2, 0.25) is 0 Å². The Morgan fingerprint density at radius 3 is 2.83 bits per heavy atom. The minimum Gasteiger partial charge on any atom is -0.355 e. The van der Waals surface area contributed by atoms with Gasteiger partial charge in [-0.3, -0.25) is 0 Å². The van der Waals surface area contributed by atoms with Crippen molar-refractivity contribution in [2.24, 2.45) is 0 Å². The van der Waals surface area contributed by atoms with Gasteiger partial charge in [-0.05, 0) is 18.9 Å². The normalized spacial score (nSPS) is 17.0. The lowest BCUT2D eigenvalue weighted by Crippen LogP contribution is -2.29. The molecule has 0 aliphatic carbocycles. The van der Waals surface area contributed by atoms with Gasteiger partial charge in [0.1, 0.15) is 11.6 Å². The molecule has 1 aromatic heterocycles. The Bertz CT molecular complexity index is 381. The van der Waals surface area contributed by atoms with E-state index >= 15 is 0 Å². The summed E-state index contributed by atoms with van der Waals surface area (Å²) in [5.74, 6) is 2.53. The van der Waals surface area contributed by atoms with Crippen LogP contribution >= 0.6 is 0 Å². The van der Waals surface area contributed by atoms with Crippen LogP contribution in [0.4, 0.5) is 5.82 Å². The fourth-order valence-corrected chi connectivity index (χ4v) is 2.19. The molecule has 2 rings (SSSR count). The number of anilines is 1. The second kappa shape index (κ2) is 6.14. The van der Waals surface area contributed by atoms with Gasteiger partial charge in [-0.1, -0.05) is 20.8 Å². The zero-order valence-corrected chi connectivity index (χ0v) is 11.7. The van der Waals surface area contributed by atoms with E-state index < -0.39 is 0 Å². The third-order valence-electron chi connectivity index (χ3n) is 3.35. The van der Waals surface area contributed by atoms with E-state index in [0.717, 1.165) is 49.9 Å². The Balaban J connectivity index is 2.27. The molecule has 0 radical (unpaired) electrons. The summed E-state index contributed by atoms with van der Waals surface area (Å²) in [6.45, 7) is 10.8. The molecule has 2 heterocycles. The van der Waals surface area contributed by atoms with Crippen molar-refractivity contribution in [2.45, 2.75) is 39.5 Å². The number of nitrogens with zero attached hydrogens (tertiary/aromatic N) is 3. The van der Waals surface area contributed by atoms with E-state index in [1.165, 1.54) is 6.42 Å². The van der Waals surface area contributed by atoms with E-state index in [4.69, 9.17) is 0 Å². The van der Waals surface area contributed by atoms with Gasteiger partial charge >= 0.3 is 0 Å². The first-order valence-electron chi connectivity index (χ1n) is 7.04. The average molecular weight is 248 g/mol. The van der Waals surface area contributed by atoms with Crippen LogP contribution in [-0.4, -0.2) is 36.1 Å². The molecule has 1 fully saturated rings. The average Bonchev–Trinajstić information content (AvgIpc) is 2.67. The minimum absolute atomic E-state index is 0.460. The molecule has 0 bridgehead atoms. The van der Waals surface area contributed by atoms with Crippen molar-refractivity contribution in [1.82, 2.24) is 15.3 Å². The summed E-state index contributed by atoms with van der Waals surface area (Å²) < 4.78 is 0. The Kier molecular flexibility index (Phi) is 4.53. The van der Waals surface area contributed by atoms with Gasteiger partial charge in [0.2, 0.25) is 0 Å². The standard InChI is InChI=1S/C14H24N4/c1-4-13-16-12(11(2)3)10-14(17-13)18-8-5-6-15-7-9-18/h10-11,15H,4-9H2,1-3H3. The van der Waals surface area contributed by atoms with Crippen molar-refractivity contribution in [1.29, 1.82) is 0 Å². The van der Waals surface area contributed by atoms with Crippen LogP contribution in [0.3, 0.4) is 0 Å². The molecule has 100 valence electrons. The first kappa shape index (κ1) is 13.3. The molecule has 4 heteroatoms. The maximum Gasteiger partial charge on any atom is 0.132 e. The Morgan fingerprint density at radius 1 is 1.28 bits per heavy atom. The molecule has 1 aromatic rings. The first-order valence-corrected chi connectivity index (χ1v) is 7.04. The third kappa shape index (κ3) is 3.19. The molecule has 4 nitrogen and oxygen atoms in total. The van der Waals surface area contributed by atoms with Crippen LogP contribution < -0.4 is 10.2 Å². The topological polar surface area (TPSA) is 41.1 Å². The zero-order chi connectivity index (χ0) is 13.0. The lowest BCUT2D eigenvalue weighted by Gasteiger charge is -2.22. The minimum atomic E-state index is 0.460. The predicted molar refractivity (Wildman–Crippen MR) is 75.2 cm³/mol. The number of hydrogen-bond donors (Lipinski definition) is 1. The van der Waals surface area contributed by atoms with Crippen molar-refractivity contribution >= 4 is 5.82 Å². The summed E-state index contributed by atoms with van der Waals surface area (Å²) >= 11 is 0. The highest BCUT2D eigenvalue weighted by Crippen LogP contribution is 2.19. The van der Waals surface area contributed by atoms with Crippen molar-refractivity contribution in [3.05, 3.63) is 17.6 Å². The second-order valence-electron chi connectivity index (χ2n) is 5.17. The smallest absolute Gasteiger partial charge is 0.132 e. The molecule has 0 aromatic carbocycles. The van der Waals surface area contributed by atoms with Crippen LogP contribution in [-0.2, 0) is 6.42 Å². The molecule has 0 atom stereocenters. The second-order valence-corrected chi connectivity index (χ2v) is 5.17. The molecule has 0 amide bonds. The lowest BCUT2D eigenvalue weighted by molar-refractivity contribution is 0.724. The monoisotopic (exact) mass is 248 g/mol. The molecule has 1 aliphatic heterocycles. The van der Waals surface area contributed by atoms with Crippen molar-refractivity contribution in [3.8, 4) is 0 Å². The van der Waals surface area contributed by atoms with Crippen LogP contribution in [0, 0.1) is 0 Å². The molecule has 1 aliphatic rings. The van der Waals surface area contributed by atoms with Gasteiger partial charge in [-0.15, -0.1) is 0 Å². The predicted octanol–water partition coefficient (Wildman–Crippen LogP) is 1.96. The largest absolute Gasteiger partial charge is 0.355 e. The molecule has 0 saturated carbocycles. The number of nitrogens with one attached hydrogen (secondary N) is 1. The Morgan fingerprint density at radius 2 is 2.11 bits per heavy atom. The molecular weight excluding hydrogens is 224 g/mol. The van der Waals surface area contributed by atoms with Gasteiger partial charge in [0, 0.05) is 37.8 Å². The third-order valence-corrected chi connectivity index (χ3v) is 3.35. The highest BCUT2D eigenvalue weighted by atomic mass is 15.2. The van der Waals surface area contributed by atoms with E-state index in [1.54, 1.807) is 0 Å². The number of rotatable bonds is 3. The Hall–Kier alpha value is -1.16. The van der Waals surface area contributed by atoms with Crippen molar-refractivity contribution in [2.75, 3.05) is 31.1 Å². The maximum atomic E-state index is 4.69. The van der Waals surface area contributed by atoms with Crippen LogP contribution in [0.15, 0.2) is 6.07 Å². The van der Waals surface area contributed by atoms with Gasteiger partial charge < -0.3 is 10.2 Å². The maximum absolute atomic E-state index is 4.69. The number of aromatic nitrogens is 2. The van der Waals surface area contributed by atoms with Crippen molar-refractivity contribution < 1.29 is 0 Å². The van der Waals surface area contributed by atoms with Crippen LogP contribution in [0.5, 0.6) is 0 Å².